The molecule has 0 spiro atoms. The van der Waals surface area contributed by atoms with E-state index in [1.165, 1.54) is 6.07 Å². The molecule has 0 saturated heterocycles. The van der Waals surface area contributed by atoms with Crippen LogP contribution in [0.25, 0.3) is 0 Å². The second kappa shape index (κ2) is 5.96. The van der Waals surface area contributed by atoms with Gasteiger partial charge in [0.05, 0.1) is 11.8 Å². The smallest absolute Gasteiger partial charge is 0.231 e. The summed E-state index contributed by atoms with van der Waals surface area (Å²) in [6.45, 7) is 0. The molecule has 0 radical (unpaired) electrons. The summed E-state index contributed by atoms with van der Waals surface area (Å²) < 4.78 is 0. The molecule has 1 aliphatic rings. The number of thioether (sulfide) groups is 1. The van der Waals surface area contributed by atoms with Crippen LogP contribution in [0.4, 0.5) is 11.6 Å². The summed E-state index contributed by atoms with van der Waals surface area (Å²) in [4.78, 5) is 19.9. The van der Waals surface area contributed by atoms with E-state index >= 15 is 0 Å². The van der Waals surface area contributed by atoms with Crippen molar-refractivity contribution in [2.75, 3.05) is 17.2 Å². The van der Waals surface area contributed by atoms with Crippen LogP contribution in [0.5, 0.6) is 0 Å². The Bertz CT molecular complexity index is 529. The first-order valence-electron chi connectivity index (χ1n) is 6.28. The third kappa shape index (κ3) is 3.51. The SMILES string of the molecule is N#CC1(NC(=O)CSc2nc(N)cc(N)n2)CCCC1. The molecule has 0 bridgehead atoms. The molecule has 20 heavy (non-hydrogen) atoms. The van der Waals surface area contributed by atoms with E-state index in [0.29, 0.717) is 18.0 Å². The van der Waals surface area contributed by atoms with Gasteiger partial charge in [-0.2, -0.15) is 5.26 Å². The van der Waals surface area contributed by atoms with Gasteiger partial charge in [-0.05, 0) is 25.7 Å². The zero-order chi connectivity index (χ0) is 14.6. The zero-order valence-corrected chi connectivity index (χ0v) is 11.7. The van der Waals surface area contributed by atoms with Gasteiger partial charge in [0.15, 0.2) is 5.16 Å². The first-order valence-corrected chi connectivity index (χ1v) is 7.27. The molecule has 106 valence electrons. The normalized spacial score (nSPS) is 16.6. The Balaban J connectivity index is 1.90. The first kappa shape index (κ1) is 14.4. The number of anilines is 2. The molecule has 1 aromatic heterocycles. The average Bonchev–Trinajstić information content (AvgIpc) is 2.84. The lowest BCUT2D eigenvalue weighted by atomic mass is 10.0. The number of nitrogen functional groups attached to an aromatic ring is 2. The number of carbonyl (C=O) groups excluding carboxylic acids is 1. The van der Waals surface area contributed by atoms with Crippen molar-refractivity contribution in [2.45, 2.75) is 36.4 Å². The van der Waals surface area contributed by atoms with Gasteiger partial charge in [0.1, 0.15) is 17.2 Å². The van der Waals surface area contributed by atoms with E-state index in [9.17, 15) is 10.1 Å². The van der Waals surface area contributed by atoms with Crippen LogP contribution in [0.2, 0.25) is 0 Å². The second-order valence-corrected chi connectivity index (χ2v) is 5.68. The van der Waals surface area contributed by atoms with E-state index in [1.807, 2.05) is 0 Å². The number of hydrogen-bond acceptors (Lipinski definition) is 7. The number of nitrogens with one attached hydrogen (secondary N) is 1. The van der Waals surface area contributed by atoms with Gasteiger partial charge in [-0.1, -0.05) is 11.8 Å². The summed E-state index contributed by atoms with van der Waals surface area (Å²) in [7, 11) is 0. The van der Waals surface area contributed by atoms with Crippen LogP contribution in [0.15, 0.2) is 11.2 Å². The summed E-state index contributed by atoms with van der Waals surface area (Å²) in [5, 5.41) is 12.4. The van der Waals surface area contributed by atoms with Crippen molar-refractivity contribution in [2.24, 2.45) is 0 Å². The quantitative estimate of drug-likeness (QED) is 0.549. The molecular formula is C12H16N6OS. The fraction of sp³-hybridized carbons (Fsp3) is 0.500. The van der Waals surface area contributed by atoms with E-state index < -0.39 is 5.54 Å². The molecule has 2 rings (SSSR count). The van der Waals surface area contributed by atoms with Gasteiger partial charge in [-0.15, -0.1) is 0 Å². The average molecular weight is 292 g/mol. The van der Waals surface area contributed by atoms with Crippen molar-refractivity contribution in [3.63, 3.8) is 0 Å². The summed E-state index contributed by atoms with van der Waals surface area (Å²) in [5.41, 5.74) is 10.4. The van der Waals surface area contributed by atoms with Crippen LogP contribution in [0, 0.1) is 11.3 Å². The third-order valence-corrected chi connectivity index (χ3v) is 3.97. The van der Waals surface area contributed by atoms with E-state index in [4.69, 9.17) is 11.5 Å². The predicted molar refractivity (Wildman–Crippen MR) is 76.5 cm³/mol. The highest BCUT2D eigenvalue weighted by molar-refractivity contribution is 7.99. The Morgan fingerprint density at radius 1 is 1.40 bits per heavy atom. The van der Waals surface area contributed by atoms with Gasteiger partial charge in [0.2, 0.25) is 5.91 Å². The number of rotatable bonds is 4. The summed E-state index contributed by atoms with van der Waals surface area (Å²) in [6.07, 6.45) is 3.36. The number of aromatic nitrogens is 2. The monoisotopic (exact) mass is 292 g/mol. The highest BCUT2D eigenvalue weighted by atomic mass is 32.2. The second-order valence-electron chi connectivity index (χ2n) is 4.74. The molecule has 1 aliphatic carbocycles. The van der Waals surface area contributed by atoms with Crippen molar-refractivity contribution in [3.05, 3.63) is 6.07 Å². The maximum Gasteiger partial charge on any atom is 0.231 e. The zero-order valence-electron chi connectivity index (χ0n) is 10.9. The van der Waals surface area contributed by atoms with Crippen LogP contribution < -0.4 is 16.8 Å². The highest BCUT2D eigenvalue weighted by Gasteiger charge is 2.35. The van der Waals surface area contributed by atoms with Crippen LogP contribution in [0.3, 0.4) is 0 Å². The van der Waals surface area contributed by atoms with Crippen molar-refractivity contribution < 1.29 is 4.79 Å². The van der Waals surface area contributed by atoms with Gasteiger partial charge in [0, 0.05) is 6.07 Å². The number of nitrogens with zero attached hydrogens (tertiary/aromatic N) is 3. The topological polar surface area (TPSA) is 131 Å². The Hall–Kier alpha value is -2.01. The third-order valence-electron chi connectivity index (χ3n) is 3.13. The van der Waals surface area contributed by atoms with Crippen molar-refractivity contribution in [1.82, 2.24) is 15.3 Å². The molecule has 0 aliphatic heterocycles. The number of amides is 1. The largest absolute Gasteiger partial charge is 0.383 e. The van der Waals surface area contributed by atoms with Crippen LogP contribution in [-0.4, -0.2) is 27.2 Å². The Morgan fingerprint density at radius 2 is 2.00 bits per heavy atom. The molecular weight excluding hydrogens is 276 g/mol. The van der Waals surface area contributed by atoms with Crippen molar-refractivity contribution >= 4 is 29.3 Å². The summed E-state index contributed by atoms with van der Waals surface area (Å²) in [6, 6.07) is 3.66. The molecule has 1 saturated carbocycles. The number of nitriles is 1. The molecule has 1 aromatic rings. The molecule has 0 unspecified atom stereocenters. The van der Waals surface area contributed by atoms with Crippen molar-refractivity contribution in [1.29, 1.82) is 5.26 Å². The number of nitrogens with two attached hydrogens (primary N) is 2. The number of carbonyl (C=O) groups is 1. The first-order chi connectivity index (χ1) is 9.53. The van der Waals surface area contributed by atoms with Gasteiger partial charge >= 0.3 is 0 Å². The fourth-order valence-corrected chi connectivity index (χ4v) is 2.88. The van der Waals surface area contributed by atoms with E-state index in [2.05, 4.69) is 21.4 Å². The molecule has 8 heteroatoms. The summed E-state index contributed by atoms with van der Waals surface area (Å²) in [5.74, 6) is 0.462. The Morgan fingerprint density at radius 3 is 2.55 bits per heavy atom. The molecule has 5 N–H and O–H groups in total. The molecule has 0 atom stereocenters. The maximum absolute atomic E-state index is 11.9. The van der Waals surface area contributed by atoms with E-state index in [-0.39, 0.29) is 23.3 Å². The van der Waals surface area contributed by atoms with Crippen LogP contribution >= 0.6 is 11.8 Å². The van der Waals surface area contributed by atoms with Gasteiger partial charge in [-0.25, -0.2) is 9.97 Å². The van der Waals surface area contributed by atoms with Crippen LogP contribution in [-0.2, 0) is 4.79 Å². The fourth-order valence-electron chi connectivity index (χ4n) is 2.20. The lowest BCUT2D eigenvalue weighted by molar-refractivity contribution is -0.119. The standard InChI is InChI=1S/C12H16N6OS/c13-7-12(3-1-2-4-12)18-10(19)6-20-11-16-8(14)5-9(15)17-11/h5H,1-4,6H2,(H,18,19)(H4,14,15,16,17). The molecule has 1 fully saturated rings. The van der Waals surface area contributed by atoms with Crippen molar-refractivity contribution in [3.8, 4) is 6.07 Å². The van der Waals surface area contributed by atoms with E-state index in [1.54, 1.807) is 0 Å². The van der Waals surface area contributed by atoms with E-state index in [0.717, 1.165) is 24.6 Å². The van der Waals surface area contributed by atoms with Crippen LogP contribution in [0.1, 0.15) is 25.7 Å². The molecule has 7 nitrogen and oxygen atoms in total. The molecule has 0 aromatic carbocycles. The van der Waals surface area contributed by atoms with Gasteiger partial charge in [0.25, 0.3) is 0 Å². The predicted octanol–water partition coefficient (Wildman–Crippen LogP) is 0.686. The number of hydrogen-bond donors (Lipinski definition) is 3. The highest BCUT2D eigenvalue weighted by Crippen LogP contribution is 2.29. The Kier molecular flexibility index (Phi) is 4.29. The van der Waals surface area contributed by atoms with Gasteiger partial charge < -0.3 is 16.8 Å². The minimum atomic E-state index is -0.701. The minimum Gasteiger partial charge on any atom is -0.383 e. The lowest BCUT2D eigenvalue weighted by Crippen LogP contribution is -2.45. The summed E-state index contributed by atoms with van der Waals surface area (Å²) >= 11 is 1.15. The lowest BCUT2D eigenvalue weighted by Gasteiger charge is -2.21. The minimum absolute atomic E-state index is 0.131. The molecule has 1 heterocycles. The molecule has 1 amide bonds. The maximum atomic E-state index is 11.9. The van der Waals surface area contributed by atoms with Gasteiger partial charge in [-0.3, -0.25) is 4.79 Å². The Labute approximate surface area is 121 Å².